The molecule has 3 aliphatic rings. The molecule has 0 saturated carbocycles. The van der Waals surface area contributed by atoms with Crippen LogP contribution in [0.25, 0.3) is 10.8 Å². The number of benzene rings is 4. The van der Waals surface area contributed by atoms with E-state index in [1.807, 2.05) is 6.21 Å². The van der Waals surface area contributed by atoms with Gasteiger partial charge in [-0.3, -0.25) is 4.99 Å². The SMILES string of the molecule is CN1c2ccccc2C(C)(C)C12C=Nc1c(c(N3CCc4ccccc43)cc3ccccc13)O2. The van der Waals surface area contributed by atoms with Crippen molar-refractivity contribution in [3.05, 3.63) is 90.0 Å². The summed E-state index contributed by atoms with van der Waals surface area (Å²) >= 11 is 0. The van der Waals surface area contributed by atoms with Crippen LogP contribution in [0.4, 0.5) is 22.7 Å². The number of anilines is 3. The van der Waals surface area contributed by atoms with Crippen LogP contribution < -0.4 is 14.5 Å². The minimum atomic E-state index is -0.708. The first-order valence-electron chi connectivity index (χ1n) is 12.0. The van der Waals surface area contributed by atoms with Crippen molar-refractivity contribution in [2.24, 2.45) is 4.99 Å². The third-order valence-electron chi connectivity index (χ3n) is 8.09. The second-order valence-electron chi connectivity index (χ2n) is 10.1. The molecule has 168 valence electrons. The number of hydrogen-bond donors (Lipinski definition) is 0. The van der Waals surface area contributed by atoms with Crippen molar-refractivity contribution >= 4 is 39.7 Å². The Morgan fingerprint density at radius 2 is 1.59 bits per heavy atom. The number of aliphatic imine (C=N–C) groups is 1. The predicted molar refractivity (Wildman–Crippen MR) is 140 cm³/mol. The summed E-state index contributed by atoms with van der Waals surface area (Å²) in [5.41, 5.74) is 6.13. The number of rotatable bonds is 1. The lowest BCUT2D eigenvalue weighted by atomic mass is 9.77. The minimum Gasteiger partial charge on any atom is -0.457 e. The first kappa shape index (κ1) is 19.7. The average Bonchev–Trinajstić information content (AvgIpc) is 3.36. The smallest absolute Gasteiger partial charge is 0.228 e. The van der Waals surface area contributed by atoms with Crippen LogP contribution in [0, 0.1) is 0 Å². The van der Waals surface area contributed by atoms with Gasteiger partial charge in [-0.2, -0.15) is 0 Å². The van der Waals surface area contributed by atoms with E-state index in [0.29, 0.717) is 0 Å². The molecule has 0 radical (unpaired) electrons. The zero-order valence-electron chi connectivity index (χ0n) is 19.7. The molecule has 0 N–H and O–H groups in total. The summed E-state index contributed by atoms with van der Waals surface area (Å²) in [4.78, 5) is 9.82. The number of fused-ring (bicyclic) bond motifs is 5. The van der Waals surface area contributed by atoms with E-state index in [2.05, 4.69) is 110 Å². The summed E-state index contributed by atoms with van der Waals surface area (Å²) in [6.07, 6.45) is 3.06. The van der Waals surface area contributed by atoms with E-state index in [1.54, 1.807) is 0 Å². The van der Waals surface area contributed by atoms with Crippen LogP contribution in [0.1, 0.15) is 25.0 Å². The molecule has 3 heterocycles. The fourth-order valence-corrected chi connectivity index (χ4v) is 6.18. The largest absolute Gasteiger partial charge is 0.457 e. The Labute approximate surface area is 200 Å². The van der Waals surface area contributed by atoms with Gasteiger partial charge in [0.1, 0.15) is 5.69 Å². The Bertz CT molecular complexity index is 1500. The fourth-order valence-electron chi connectivity index (χ4n) is 6.18. The van der Waals surface area contributed by atoms with Crippen molar-refractivity contribution < 1.29 is 4.74 Å². The van der Waals surface area contributed by atoms with E-state index in [1.165, 1.54) is 27.9 Å². The fraction of sp³-hybridized carbons (Fsp3) is 0.233. The maximum atomic E-state index is 7.19. The van der Waals surface area contributed by atoms with E-state index < -0.39 is 5.72 Å². The van der Waals surface area contributed by atoms with Gasteiger partial charge < -0.3 is 14.5 Å². The molecule has 4 aromatic rings. The monoisotopic (exact) mass is 445 g/mol. The van der Waals surface area contributed by atoms with E-state index in [4.69, 9.17) is 9.73 Å². The summed E-state index contributed by atoms with van der Waals surface area (Å²) in [7, 11) is 2.12. The molecule has 1 atom stereocenters. The van der Waals surface area contributed by atoms with Crippen LogP contribution in [-0.4, -0.2) is 25.5 Å². The highest BCUT2D eigenvalue weighted by molar-refractivity contribution is 6.04. The van der Waals surface area contributed by atoms with Gasteiger partial charge in [-0.05, 0) is 55.0 Å². The Morgan fingerprint density at radius 3 is 2.44 bits per heavy atom. The summed E-state index contributed by atoms with van der Waals surface area (Å²) in [5, 5.41) is 2.30. The third-order valence-corrected chi connectivity index (χ3v) is 8.09. The number of ether oxygens (including phenoxy) is 1. The molecule has 4 nitrogen and oxygen atoms in total. The lowest BCUT2D eigenvalue weighted by Crippen LogP contribution is -2.61. The van der Waals surface area contributed by atoms with Gasteiger partial charge in [-0.1, -0.05) is 60.7 Å². The summed E-state index contributed by atoms with van der Waals surface area (Å²) in [6, 6.07) is 28.1. The number of likely N-dealkylation sites (N-methyl/N-ethyl adjacent to an activating group) is 1. The first-order chi connectivity index (χ1) is 16.5. The zero-order chi connectivity index (χ0) is 23.1. The van der Waals surface area contributed by atoms with Crippen molar-refractivity contribution in [3.63, 3.8) is 0 Å². The average molecular weight is 446 g/mol. The lowest BCUT2D eigenvalue weighted by molar-refractivity contribution is 0.0832. The highest BCUT2D eigenvalue weighted by Gasteiger charge is 2.59. The minimum absolute atomic E-state index is 0.286. The number of para-hydroxylation sites is 2. The molecule has 0 saturated heterocycles. The van der Waals surface area contributed by atoms with Crippen molar-refractivity contribution in [2.45, 2.75) is 31.4 Å². The highest BCUT2D eigenvalue weighted by atomic mass is 16.5. The zero-order valence-corrected chi connectivity index (χ0v) is 19.7. The molecule has 0 aliphatic carbocycles. The van der Waals surface area contributed by atoms with E-state index in [-0.39, 0.29) is 5.41 Å². The molecule has 4 heteroatoms. The van der Waals surface area contributed by atoms with Crippen LogP contribution in [0.5, 0.6) is 5.75 Å². The maximum absolute atomic E-state index is 7.19. The van der Waals surface area contributed by atoms with Gasteiger partial charge in [0.05, 0.1) is 17.3 Å². The molecule has 7 rings (SSSR count). The Morgan fingerprint density at radius 1 is 0.853 bits per heavy atom. The molecule has 0 aromatic heterocycles. The number of nitrogens with zero attached hydrogens (tertiary/aromatic N) is 3. The van der Waals surface area contributed by atoms with Crippen molar-refractivity contribution in [3.8, 4) is 5.75 Å². The van der Waals surface area contributed by atoms with Gasteiger partial charge in [0.15, 0.2) is 5.75 Å². The van der Waals surface area contributed by atoms with Crippen LogP contribution in [0.3, 0.4) is 0 Å². The molecule has 1 unspecified atom stereocenters. The predicted octanol–water partition coefficient (Wildman–Crippen LogP) is 6.75. The highest BCUT2D eigenvalue weighted by Crippen LogP contribution is 2.57. The molecule has 3 aliphatic heterocycles. The summed E-state index contributed by atoms with van der Waals surface area (Å²) in [6.45, 7) is 5.46. The lowest BCUT2D eigenvalue weighted by Gasteiger charge is -2.45. The normalized spacial score (nSPS) is 21.5. The van der Waals surface area contributed by atoms with Crippen LogP contribution in [0.2, 0.25) is 0 Å². The molecular weight excluding hydrogens is 418 g/mol. The second kappa shape index (κ2) is 6.63. The van der Waals surface area contributed by atoms with E-state index in [9.17, 15) is 0 Å². The summed E-state index contributed by atoms with van der Waals surface area (Å²) < 4.78 is 7.19. The van der Waals surface area contributed by atoms with Crippen molar-refractivity contribution in [2.75, 3.05) is 23.4 Å². The maximum Gasteiger partial charge on any atom is 0.228 e. The van der Waals surface area contributed by atoms with Gasteiger partial charge in [0.25, 0.3) is 0 Å². The quantitative estimate of drug-likeness (QED) is 0.324. The molecule has 0 fully saturated rings. The van der Waals surface area contributed by atoms with Gasteiger partial charge in [-0.25, -0.2) is 0 Å². The third kappa shape index (κ3) is 2.35. The van der Waals surface area contributed by atoms with Gasteiger partial charge >= 0.3 is 0 Å². The van der Waals surface area contributed by atoms with Gasteiger partial charge in [0, 0.05) is 30.4 Å². The standard InChI is InChI=1S/C30H27N3O/c1-29(2)23-13-7-9-15-25(23)32(3)30(29)19-31-27-22-12-6-4-11-21(22)18-26(28(27)34-30)33-17-16-20-10-5-8-14-24(20)33/h4-15,18-19H,16-17H2,1-3H3. The molecule has 0 amide bonds. The van der Waals surface area contributed by atoms with E-state index >= 15 is 0 Å². The van der Waals surface area contributed by atoms with Crippen molar-refractivity contribution in [1.82, 2.24) is 0 Å². The molecule has 34 heavy (non-hydrogen) atoms. The Kier molecular flexibility index (Phi) is 3.83. The van der Waals surface area contributed by atoms with Crippen molar-refractivity contribution in [1.29, 1.82) is 0 Å². The molecule has 4 aromatic carbocycles. The van der Waals surface area contributed by atoms with Crippen LogP contribution >= 0.6 is 0 Å². The van der Waals surface area contributed by atoms with Gasteiger partial charge in [0.2, 0.25) is 5.72 Å². The van der Waals surface area contributed by atoms with Gasteiger partial charge in [-0.15, -0.1) is 0 Å². The second-order valence-corrected chi connectivity index (χ2v) is 10.1. The number of hydrogen-bond acceptors (Lipinski definition) is 4. The molecular formula is C30H27N3O. The molecule has 0 bridgehead atoms. The topological polar surface area (TPSA) is 28.1 Å². The summed E-state index contributed by atoms with van der Waals surface area (Å²) in [5.74, 6) is 0.866. The first-order valence-corrected chi connectivity index (χ1v) is 12.0. The van der Waals surface area contributed by atoms with Crippen LogP contribution in [0.15, 0.2) is 83.9 Å². The molecule has 1 spiro atoms. The Hall–Kier alpha value is -3.79. The Balaban J connectivity index is 1.47. The van der Waals surface area contributed by atoms with E-state index in [0.717, 1.165) is 35.5 Å². The van der Waals surface area contributed by atoms with Crippen LogP contribution in [-0.2, 0) is 11.8 Å².